The summed E-state index contributed by atoms with van der Waals surface area (Å²) < 4.78 is 21.8. The van der Waals surface area contributed by atoms with E-state index in [1.165, 1.54) is 6.07 Å². The molecule has 1 rings (SSSR count). The number of halogens is 1. The summed E-state index contributed by atoms with van der Waals surface area (Å²) in [5, 5.41) is 6.76. The number of hydrogen-bond acceptors (Lipinski definition) is 2. The van der Waals surface area contributed by atoms with Crippen molar-refractivity contribution in [2.24, 2.45) is 0 Å². The standard InChI is InChI=1S/C6H5BrNO2S/c7-5-3-1-2-4-6(5)11(8,9)10/h1-4,8H. The van der Waals surface area contributed by atoms with Gasteiger partial charge in [-0.15, -0.1) is 5.14 Å². The highest BCUT2D eigenvalue weighted by Gasteiger charge is 2.10. The van der Waals surface area contributed by atoms with E-state index in [1.54, 1.807) is 18.2 Å². The summed E-state index contributed by atoms with van der Waals surface area (Å²) in [7, 11) is -3.83. The van der Waals surface area contributed by atoms with Gasteiger partial charge in [-0.05, 0) is 28.1 Å². The Labute approximate surface area is 73.4 Å². The minimum atomic E-state index is -3.83. The lowest BCUT2D eigenvalue weighted by molar-refractivity contribution is 0.596. The molecule has 1 N–H and O–H groups in total. The highest BCUT2D eigenvalue weighted by atomic mass is 79.9. The molecule has 1 aromatic carbocycles. The first-order valence-electron chi connectivity index (χ1n) is 2.76. The third-order valence-corrected chi connectivity index (χ3v) is 3.02. The van der Waals surface area contributed by atoms with Crippen LogP contribution < -0.4 is 5.14 Å². The molecule has 59 valence electrons. The Hall–Kier alpha value is -0.390. The molecule has 0 saturated heterocycles. The van der Waals surface area contributed by atoms with Gasteiger partial charge in [-0.3, -0.25) is 0 Å². The number of rotatable bonds is 1. The Balaban J connectivity index is 3.37. The van der Waals surface area contributed by atoms with Crippen molar-refractivity contribution in [1.82, 2.24) is 5.14 Å². The van der Waals surface area contributed by atoms with Crippen molar-refractivity contribution in [1.29, 1.82) is 0 Å². The Morgan fingerprint density at radius 2 is 1.82 bits per heavy atom. The average molecular weight is 235 g/mol. The second-order valence-electron chi connectivity index (χ2n) is 1.93. The van der Waals surface area contributed by atoms with Gasteiger partial charge >= 0.3 is 0 Å². The van der Waals surface area contributed by atoms with Crippen LogP contribution in [0.15, 0.2) is 33.6 Å². The lowest BCUT2D eigenvalue weighted by atomic mass is 10.4. The molecule has 0 aliphatic heterocycles. The first kappa shape index (κ1) is 8.70. The fourth-order valence-corrected chi connectivity index (χ4v) is 2.17. The molecule has 0 amide bonds. The van der Waals surface area contributed by atoms with Gasteiger partial charge in [-0.1, -0.05) is 12.1 Å². The molecule has 1 radical (unpaired) electrons. The first-order chi connectivity index (χ1) is 5.02. The van der Waals surface area contributed by atoms with E-state index in [0.29, 0.717) is 4.47 Å². The summed E-state index contributed by atoms with van der Waals surface area (Å²) >= 11 is 3.03. The van der Waals surface area contributed by atoms with Crippen LogP contribution in [0.1, 0.15) is 0 Å². The van der Waals surface area contributed by atoms with Crippen molar-refractivity contribution in [2.45, 2.75) is 4.90 Å². The number of sulfonamides is 1. The Morgan fingerprint density at radius 1 is 1.27 bits per heavy atom. The van der Waals surface area contributed by atoms with Crippen molar-refractivity contribution in [3.8, 4) is 0 Å². The van der Waals surface area contributed by atoms with Crippen molar-refractivity contribution in [3.63, 3.8) is 0 Å². The normalized spacial score (nSPS) is 11.5. The van der Waals surface area contributed by atoms with Gasteiger partial charge in [0.05, 0.1) is 4.90 Å². The predicted molar refractivity (Wildman–Crippen MR) is 44.4 cm³/mol. The quantitative estimate of drug-likeness (QED) is 0.739. The fraction of sp³-hybridized carbons (Fsp3) is 0. The molecule has 0 spiro atoms. The molecule has 0 aromatic heterocycles. The molecule has 0 bridgehead atoms. The molecule has 3 nitrogen and oxygen atoms in total. The lowest BCUT2D eigenvalue weighted by Gasteiger charge is -1.97. The van der Waals surface area contributed by atoms with E-state index >= 15 is 0 Å². The summed E-state index contributed by atoms with van der Waals surface area (Å²) in [6, 6.07) is 6.23. The van der Waals surface area contributed by atoms with Gasteiger partial charge in [0.15, 0.2) is 0 Å². The molecule has 0 atom stereocenters. The van der Waals surface area contributed by atoms with Crippen LogP contribution in [-0.2, 0) is 10.0 Å². The second kappa shape index (κ2) is 2.92. The number of hydrogen-bond donors (Lipinski definition) is 0. The zero-order valence-corrected chi connectivity index (χ0v) is 7.81. The highest BCUT2D eigenvalue weighted by Crippen LogP contribution is 2.19. The second-order valence-corrected chi connectivity index (χ2v) is 4.23. The fourth-order valence-electron chi connectivity index (χ4n) is 0.663. The Bertz CT molecular complexity index is 361. The highest BCUT2D eigenvalue weighted by molar-refractivity contribution is 9.10. The largest absolute Gasteiger partial charge is 0.255 e. The van der Waals surface area contributed by atoms with Gasteiger partial charge in [0.1, 0.15) is 0 Å². The van der Waals surface area contributed by atoms with Gasteiger partial charge < -0.3 is 0 Å². The maximum Gasteiger partial charge on any atom is 0.255 e. The molecule has 0 aliphatic carbocycles. The van der Waals surface area contributed by atoms with Gasteiger partial charge in [0.25, 0.3) is 10.0 Å². The molecular weight excluding hydrogens is 230 g/mol. The third kappa shape index (κ3) is 2.02. The lowest BCUT2D eigenvalue weighted by Crippen LogP contribution is -2.00. The van der Waals surface area contributed by atoms with Crippen LogP contribution in [0.2, 0.25) is 0 Å². The van der Waals surface area contributed by atoms with E-state index in [2.05, 4.69) is 15.9 Å². The SMILES string of the molecule is [NH]S(=O)(=O)c1ccccc1Br. The molecule has 0 heterocycles. The maximum absolute atomic E-state index is 10.7. The minimum absolute atomic E-state index is 0.000000000000000444. The van der Waals surface area contributed by atoms with E-state index in [9.17, 15) is 8.42 Å². The molecule has 0 saturated carbocycles. The smallest absolute Gasteiger partial charge is 0.206 e. The summed E-state index contributed by atoms with van der Waals surface area (Å²) in [5.41, 5.74) is 0. The third-order valence-electron chi connectivity index (χ3n) is 1.13. The average Bonchev–Trinajstić information content (AvgIpc) is 1.86. The van der Waals surface area contributed by atoms with Crippen LogP contribution in [-0.4, -0.2) is 8.42 Å². The van der Waals surface area contributed by atoms with Crippen molar-refractivity contribution in [3.05, 3.63) is 28.7 Å². The number of benzene rings is 1. The maximum atomic E-state index is 10.7. The van der Waals surface area contributed by atoms with Crippen molar-refractivity contribution >= 4 is 26.0 Å². The minimum Gasteiger partial charge on any atom is -0.206 e. The van der Waals surface area contributed by atoms with Gasteiger partial charge in [-0.25, -0.2) is 8.42 Å². The van der Waals surface area contributed by atoms with E-state index in [0.717, 1.165) is 0 Å². The topological polar surface area (TPSA) is 57.9 Å². The zero-order chi connectivity index (χ0) is 8.48. The van der Waals surface area contributed by atoms with Crippen LogP contribution in [0.5, 0.6) is 0 Å². The van der Waals surface area contributed by atoms with E-state index in [4.69, 9.17) is 5.14 Å². The van der Waals surface area contributed by atoms with Gasteiger partial charge in [0.2, 0.25) is 0 Å². The van der Waals surface area contributed by atoms with Crippen LogP contribution in [0.4, 0.5) is 0 Å². The van der Waals surface area contributed by atoms with Gasteiger partial charge in [0, 0.05) is 4.47 Å². The van der Waals surface area contributed by atoms with Crippen LogP contribution in [0.3, 0.4) is 0 Å². The molecule has 11 heavy (non-hydrogen) atoms. The molecule has 0 fully saturated rings. The number of nitrogens with one attached hydrogen (secondary N) is 1. The van der Waals surface area contributed by atoms with Crippen LogP contribution >= 0.6 is 15.9 Å². The monoisotopic (exact) mass is 234 g/mol. The molecule has 1 aromatic rings. The zero-order valence-electron chi connectivity index (χ0n) is 5.41. The van der Waals surface area contributed by atoms with Crippen LogP contribution in [0, 0.1) is 0 Å². The summed E-state index contributed by atoms with van der Waals surface area (Å²) in [6.07, 6.45) is 0. The van der Waals surface area contributed by atoms with Gasteiger partial charge in [-0.2, -0.15) is 0 Å². The van der Waals surface area contributed by atoms with E-state index < -0.39 is 10.0 Å². The molecule has 5 heteroatoms. The Morgan fingerprint density at radius 3 is 2.18 bits per heavy atom. The summed E-state index contributed by atoms with van der Waals surface area (Å²) in [4.78, 5) is 0.000000000000000444. The van der Waals surface area contributed by atoms with E-state index in [-0.39, 0.29) is 4.90 Å². The summed E-state index contributed by atoms with van der Waals surface area (Å²) in [5.74, 6) is 0. The van der Waals surface area contributed by atoms with Crippen LogP contribution in [0.25, 0.3) is 0 Å². The Kier molecular flexibility index (Phi) is 2.31. The molecule has 0 unspecified atom stereocenters. The molecular formula is C6H5BrNO2S. The van der Waals surface area contributed by atoms with Crippen molar-refractivity contribution in [2.75, 3.05) is 0 Å². The predicted octanol–water partition coefficient (Wildman–Crippen LogP) is 1.42. The summed E-state index contributed by atoms with van der Waals surface area (Å²) in [6.45, 7) is 0. The first-order valence-corrected chi connectivity index (χ1v) is 5.03. The van der Waals surface area contributed by atoms with Crippen molar-refractivity contribution < 1.29 is 8.42 Å². The molecule has 0 aliphatic rings. The van der Waals surface area contributed by atoms with E-state index in [1.807, 2.05) is 0 Å².